The van der Waals surface area contributed by atoms with Gasteiger partial charge in [0.2, 0.25) is 5.91 Å². The van der Waals surface area contributed by atoms with E-state index >= 15 is 0 Å². The molecule has 1 amide bonds. The molecule has 3 nitrogen and oxygen atoms in total. The molecule has 0 atom stereocenters. The van der Waals surface area contributed by atoms with Crippen molar-refractivity contribution in [3.63, 3.8) is 0 Å². The van der Waals surface area contributed by atoms with Crippen LogP contribution in [-0.2, 0) is 17.4 Å². The van der Waals surface area contributed by atoms with Gasteiger partial charge in [-0.3, -0.25) is 4.79 Å². The van der Waals surface area contributed by atoms with Gasteiger partial charge in [0.25, 0.3) is 0 Å². The number of amides is 1. The summed E-state index contributed by atoms with van der Waals surface area (Å²) in [5, 5.41) is 11.3. The van der Waals surface area contributed by atoms with Crippen LogP contribution in [0.3, 0.4) is 0 Å². The Kier molecular flexibility index (Phi) is 4.47. The SMILES string of the molecule is N#Cc1cccc(NC(=O)Cc2cccc(C(F)(F)F)c2)c1. The lowest BCUT2D eigenvalue weighted by Gasteiger charge is -2.09. The zero-order chi connectivity index (χ0) is 16.2. The Bertz CT molecular complexity index is 733. The minimum atomic E-state index is -4.44. The van der Waals surface area contributed by atoms with Crippen molar-refractivity contribution in [1.82, 2.24) is 0 Å². The van der Waals surface area contributed by atoms with Crippen LogP contribution in [0.4, 0.5) is 18.9 Å². The molecule has 1 N–H and O–H groups in total. The number of nitriles is 1. The molecule has 0 aliphatic heterocycles. The van der Waals surface area contributed by atoms with E-state index in [9.17, 15) is 18.0 Å². The van der Waals surface area contributed by atoms with Gasteiger partial charge in [-0.25, -0.2) is 0 Å². The molecule has 0 bridgehead atoms. The number of alkyl halides is 3. The van der Waals surface area contributed by atoms with Crippen LogP contribution in [0, 0.1) is 11.3 Å². The standard InChI is InChI=1S/C16H11F3N2O/c17-16(18,19)13-5-1-3-11(7-13)9-15(22)21-14-6-2-4-12(8-14)10-20/h1-8H,9H2,(H,21,22). The number of hydrogen-bond donors (Lipinski definition) is 1. The second-order valence-electron chi connectivity index (χ2n) is 4.62. The molecule has 0 spiro atoms. The number of halogens is 3. The molecule has 0 saturated carbocycles. The maximum absolute atomic E-state index is 12.6. The van der Waals surface area contributed by atoms with Gasteiger partial charge < -0.3 is 5.32 Å². The Labute approximate surface area is 125 Å². The van der Waals surface area contributed by atoms with Crippen LogP contribution < -0.4 is 5.32 Å². The highest BCUT2D eigenvalue weighted by Gasteiger charge is 2.30. The summed E-state index contributed by atoms with van der Waals surface area (Å²) < 4.78 is 37.8. The van der Waals surface area contributed by atoms with Crippen molar-refractivity contribution in [2.75, 3.05) is 5.32 Å². The molecular formula is C16H11F3N2O. The van der Waals surface area contributed by atoms with Gasteiger partial charge in [0.15, 0.2) is 0 Å². The average Bonchev–Trinajstić information content (AvgIpc) is 2.46. The lowest BCUT2D eigenvalue weighted by atomic mass is 10.1. The topological polar surface area (TPSA) is 52.9 Å². The predicted molar refractivity (Wildman–Crippen MR) is 74.9 cm³/mol. The number of anilines is 1. The zero-order valence-electron chi connectivity index (χ0n) is 11.3. The molecule has 2 rings (SSSR count). The molecule has 0 radical (unpaired) electrons. The molecule has 0 saturated heterocycles. The van der Waals surface area contributed by atoms with Gasteiger partial charge in [-0.15, -0.1) is 0 Å². The first-order chi connectivity index (χ1) is 10.4. The van der Waals surface area contributed by atoms with Crippen LogP contribution in [0.25, 0.3) is 0 Å². The first kappa shape index (κ1) is 15.6. The molecule has 0 heterocycles. The van der Waals surface area contributed by atoms with Crippen molar-refractivity contribution in [2.24, 2.45) is 0 Å². The Morgan fingerprint density at radius 2 is 1.86 bits per heavy atom. The summed E-state index contributed by atoms with van der Waals surface area (Å²) in [5.41, 5.74) is 0.293. The minimum absolute atomic E-state index is 0.180. The van der Waals surface area contributed by atoms with Gasteiger partial charge in [-0.1, -0.05) is 24.3 Å². The van der Waals surface area contributed by atoms with Crippen molar-refractivity contribution < 1.29 is 18.0 Å². The van der Waals surface area contributed by atoms with E-state index < -0.39 is 17.6 Å². The van der Waals surface area contributed by atoms with Gasteiger partial charge >= 0.3 is 6.18 Å². The van der Waals surface area contributed by atoms with E-state index in [-0.39, 0.29) is 12.0 Å². The van der Waals surface area contributed by atoms with Crippen LogP contribution in [0.1, 0.15) is 16.7 Å². The summed E-state index contributed by atoms with van der Waals surface area (Å²) >= 11 is 0. The Morgan fingerprint density at radius 3 is 2.55 bits per heavy atom. The van der Waals surface area contributed by atoms with E-state index in [0.29, 0.717) is 11.3 Å². The molecule has 0 fully saturated rings. The average molecular weight is 304 g/mol. The van der Waals surface area contributed by atoms with Crippen molar-refractivity contribution in [1.29, 1.82) is 5.26 Å². The minimum Gasteiger partial charge on any atom is -0.326 e. The lowest BCUT2D eigenvalue weighted by Crippen LogP contribution is -2.15. The number of carbonyl (C=O) groups is 1. The summed E-state index contributed by atoms with van der Waals surface area (Å²) in [6.45, 7) is 0. The monoisotopic (exact) mass is 304 g/mol. The molecule has 2 aromatic rings. The Morgan fingerprint density at radius 1 is 1.14 bits per heavy atom. The maximum atomic E-state index is 12.6. The van der Waals surface area contributed by atoms with Crippen molar-refractivity contribution in [3.05, 3.63) is 65.2 Å². The van der Waals surface area contributed by atoms with Crippen LogP contribution in [0.15, 0.2) is 48.5 Å². The van der Waals surface area contributed by atoms with Gasteiger partial charge in [0, 0.05) is 5.69 Å². The molecule has 2 aromatic carbocycles. The number of benzene rings is 2. The second kappa shape index (κ2) is 6.31. The predicted octanol–water partition coefficient (Wildman–Crippen LogP) is 3.76. The van der Waals surface area contributed by atoms with Crippen molar-refractivity contribution in [2.45, 2.75) is 12.6 Å². The first-order valence-electron chi connectivity index (χ1n) is 6.34. The maximum Gasteiger partial charge on any atom is 0.416 e. The van der Waals surface area contributed by atoms with Gasteiger partial charge in [-0.2, -0.15) is 18.4 Å². The smallest absolute Gasteiger partial charge is 0.326 e. The molecule has 0 unspecified atom stereocenters. The van der Waals surface area contributed by atoms with Crippen molar-refractivity contribution in [3.8, 4) is 6.07 Å². The normalized spacial score (nSPS) is 10.8. The fourth-order valence-corrected chi connectivity index (χ4v) is 1.91. The van der Waals surface area contributed by atoms with Gasteiger partial charge in [0.1, 0.15) is 0 Å². The third kappa shape index (κ3) is 4.09. The molecule has 0 aromatic heterocycles. The molecular weight excluding hydrogens is 293 g/mol. The van der Waals surface area contributed by atoms with E-state index in [1.165, 1.54) is 18.2 Å². The lowest BCUT2D eigenvalue weighted by molar-refractivity contribution is -0.137. The van der Waals surface area contributed by atoms with Crippen molar-refractivity contribution >= 4 is 11.6 Å². The number of nitrogens with one attached hydrogen (secondary N) is 1. The van der Waals surface area contributed by atoms with E-state index in [2.05, 4.69) is 5.32 Å². The van der Waals surface area contributed by atoms with Crippen LogP contribution in [-0.4, -0.2) is 5.91 Å². The van der Waals surface area contributed by atoms with Gasteiger partial charge in [-0.05, 0) is 29.8 Å². The third-order valence-electron chi connectivity index (χ3n) is 2.89. The summed E-state index contributed by atoms with van der Waals surface area (Å²) in [6.07, 6.45) is -4.62. The van der Waals surface area contributed by atoms with E-state index in [1.807, 2.05) is 6.07 Å². The highest BCUT2D eigenvalue weighted by molar-refractivity contribution is 5.92. The number of carbonyl (C=O) groups excluding carboxylic acids is 1. The second-order valence-corrected chi connectivity index (χ2v) is 4.62. The zero-order valence-corrected chi connectivity index (χ0v) is 11.3. The highest BCUT2D eigenvalue weighted by atomic mass is 19.4. The van der Waals surface area contributed by atoms with Crippen LogP contribution in [0.2, 0.25) is 0 Å². The number of hydrogen-bond acceptors (Lipinski definition) is 2. The fourth-order valence-electron chi connectivity index (χ4n) is 1.91. The molecule has 6 heteroatoms. The molecule has 112 valence electrons. The first-order valence-corrected chi connectivity index (χ1v) is 6.34. The summed E-state index contributed by atoms with van der Waals surface area (Å²) in [5.74, 6) is -0.450. The summed E-state index contributed by atoms with van der Waals surface area (Å²) in [4.78, 5) is 11.9. The molecule has 22 heavy (non-hydrogen) atoms. The summed E-state index contributed by atoms with van der Waals surface area (Å²) in [6, 6.07) is 12.9. The third-order valence-corrected chi connectivity index (χ3v) is 2.89. The van der Waals surface area contributed by atoms with E-state index in [1.54, 1.807) is 18.2 Å². The Hall–Kier alpha value is -2.81. The quantitative estimate of drug-likeness (QED) is 0.938. The fraction of sp³-hybridized carbons (Fsp3) is 0.125. The van der Waals surface area contributed by atoms with E-state index in [0.717, 1.165) is 12.1 Å². The van der Waals surface area contributed by atoms with Gasteiger partial charge in [0.05, 0.1) is 23.6 Å². The summed E-state index contributed by atoms with van der Waals surface area (Å²) in [7, 11) is 0. The van der Waals surface area contributed by atoms with E-state index in [4.69, 9.17) is 5.26 Å². The van der Waals surface area contributed by atoms with Crippen LogP contribution in [0.5, 0.6) is 0 Å². The van der Waals surface area contributed by atoms with Crippen LogP contribution >= 0.6 is 0 Å². The number of rotatable bonds is 3. The molecule has 0 aliphatic rings. The number of nitrogens with zero attached hydrogens (tertiary/aromatic N) is 1. The highest BCUT2D eigenvalue weighted by Crippen LogP contribution is 2.29. The Balaban J connectivity index is 2.08. The molecule has 0 aliphatic carbocycles. The largest absolute Gasteiger partial charge is 0.416 e.